The summed E-state index contributed by atoms with van der Waals surface area (Å²) >= 11 is 0. The SMILES string of the molecule is CC(C)(C)c1c(C#N)ccc(F)c1C#N.CC(C)(C)c1cc(F)c(C#N)c(C(C)(C)C)c1C#N.CC(C)c1c(C#N)ccc(F)c1C#N.CCCCC(C)(C)c1c(C#N)ccc(F)c1C#N.CCc1c(C#N)ccc(F)c1C#N.COc1cc(C#N)cc(C#N)c1F.Cc1c(C#N)ccc(F)c1C#N.N#Cc1ccc(F)c(C#N)c1C1CCCCC1. The molecule has 0 aliphatic heterocycles. The van der Waals surface area contributed by atoms with Crippen molar-refractivity contribution in [3.05, 3.63) is 271 Å². The highest BCUT2D eigenvalue weighted by molar-refractivity contribution is 5.60. The maximum Gasteiger partial charge on any atom is 0.182 e. The van der Waals surface area contributed by atoms with E-state index in [2.05, 4.69) is 29.9 Å². The molecular weight excluding hydrogens is 1550 g/mol. The van der Waals surface area contributed by atoms with Crippen LogP contribution < -0.4 is 4.74 Å². The first-order chi connectivity index (χ1) is 57.0. The summed E-state index contributed by atoms with van der Waals surface area (Å²) in [5.74, 6) is -4.54. The van der Waals surface area contributed by atoms with Gasteiger partial charge in [-0.1, -0.05) is 136 Å². The van der Waals surface area contributed by atoms with Crippen LogP contribution in [0, 0.1) is 235 Å². The Kier molecular flexibility index (Phi) is 39.7. The van der Waals surface area contributed by atoms with Crippen LogP contribution in [0.2, 0.25) is 0 Å². The number of hydrogen-bond acceptors (Lipinski definition) is 17. The largest absolute Gasteiger partial charge is 0.494 e. The highest BCUT2D eigenvalue weighted by atomic mass is 19.2. The molecule has 0 aromatic heterocycles. The normalized spacial score (nSPS) is 10.9. The molecule has 8 aromatic rings. The third kappa shape index (κ3) is 26.7. The molecule has 1 aliphatic rings. The van der Waals surface area contributed by atoms with Gasteiger partial charge >= 0.3 is 0 Å². The van der Waals surface area contributed by atoms with E-state index in [4.69, 9.17) is 73.7 Å². The van der Waals surface area contributed by atoms with Gasteiger partial charge in [-0.05, 0) is 196 Å². The van der Waals surface area contributed by atoms with Crippen LogP contribution in [-0.2, 0) is 28.1 Å². The topological polar surface area (TPSA) is 390 Å². The van der Waals surface area contributed by atoms with Gasteiger partial charge in [0.1, 0.15) is 89.3 Å². The van der Waals surface area contributed by atoms with Crippen LogP contribution in [0.5, 0.6) is 5.75 Å². The molecule has 8 aromatic carbocycles. The van der Waals surface area contributed by atoms with E-state index in [9.17, 15) is 45.6 Å². The molecule has 0 heterocycles. The number of hydrogen-bond donors (Lipinski definition) is 0. The Bertz CT molecular complexity index is 5900. The minimum atomic E-state index is -0.732. The Labute approximate surface area is 703 Å². The van der Waals surface area contributed by atoms with Crippen LogP contribution in [0.25, 0.3) is 0 Å². The molecule has 121 heavy (non-hydrogen) atoms. The predicted molar refractivity (Wildman–Crippen MR) is 436 cm³/mol. The van der Waals surface area contributed by atoms with Crippen molar-refractivity contribution >= 4 is 0 Å². The Balaban J connectivity index is 0.000000471. The Hall–Kier alpha value is -15.2. The maximum absolute atomic E-state index is 14.2. The smallest absolute Gasteiger partial charge is 0.182 e. The fraction of sp³-hybridized carbons (Fsp3) is 0.333. The fourth-order valence-corrected chi connectivity index (χ4v) is 13.1. The highest BCUT2D eigenvalue weighted by Crippen LogP contribution is 2.40. The van der Waals surface area contributed by atoms with Gasteiger partial charge in [-0.2, -0.15) is 84.2 Å². The third-order valence-corrected chi connectivity index (χ3v) is 18.9. The van der Waals surface area contributed by atoms with Gasteiger partial charge in [-0.15, -0.1) is 0 Å². The van der Waals surface area contributed by atoms with Crippen LogP contribution in [0.4, 0.5) is 35.1 Å². The van der Waals surface area contributed by atoms with Gasteiger partial charge in [0.25, 0.3) is 0 Å². The van der Waals surface area contributed by atoms with Crippen molar-refractivity contribution in [3.63, 3.8) is 0 Å². The number of methoxy groups -OCH3 is 1. The standard InChI is InChI=1S/C16H19FN2.C15H17FN2.C14H13FN2.C12H11FN2.C11H9FN2.C10H7FN2.C9H5FN2O.C9H5FN2/c1-15(2,3)12-7-13(17)11(9-19)14(10(12)8-18)16(4,5)6;1-4-5-8-15(2,3)14-11(9-17)6-7-13(16)12(14)10-18;15-13-7-6-11(8-16)14(12(13)9-17)10-4-2-1-3-5-10;1-12(2,3)11-8(6-14)4-5-10(13)9(11)7-15;1-7(2)11-8(5-13)3-4-10(12)9(11)6-14;1-2-8-7(5-12)3-4-10(11)9(8)6-13;1-13-8-3-6(4-11)2-7(5-12)9(8)10;1-6-7(4-11)2-3-9(10)8(6)5-12/h7H,1-6H3;6-7H,4-5,8H2,1-3H3;6-7,10H,1-5H2;4-5H,1-3H3;3-4,7H,1-2H3;3-4H,2H2,1H3;2-3H,1H3;2-3H,1H3. The highest BCUT2D eigenvalue weighted by Gasteiger charge is 2.33. The molecule has 0 radical (unpaired) electrons. The van der Waals surface area contributed by atoms with Crippen molar-refractivity contribution < 1.29 is 39.9 Å². The lowest BCUT2D eigenvalue weighted by molar-refractivity contribution is 0.386. The van der Waals surface area contributed by atoms with Crippen molar-refractivity contribution in [1.29, 1.82) is 84.2 Å². The van der Waals surface area contributed by atoms with E-state index in [0.717, 1.165) is 69.2 Å². The maximum atomic E-state index is 14.2. The van der Waals surface area contributed by atoms with Gasteiger partial charge in [0.05, 0.1) is 145 Å². The Morgan fingerprint density at radius 1 is 0.372 bits per heavy atom. The summed E-state index contributed by atoms with van der Waals surface area (Å²) in [6, 6.07) is 49.6. The van der Waals surface area contributed by atoms with E-state index in [1.54, 1.807) is 44.2 Å². The minimum absolute atomic E-state index is 0.00940. The van der Waals surface area contributed by atoms with Gasteiger partial charge in [-0.3, -0.25) is 0 Å². The fourth-order valence-electron chi connectivity index (χ4n) is 13.1. The molecule has 1 aliphatic carbocycles. The zero-order chi connectivity index (χ0) is 92.2. The molecule has 0 unspecified atom stereocenters. The van der Waals surface area contributed by atoms with Crippen LogP contribution in [0.3, 0.4) is 0 Å². The summed E-state index contributed by atoms with van der Waals surface area (Å²) in [4.78, 5) is 0. The van der Waals surface area contributed by atoms with Crippen molar-refractivity contribution in [1.82, 2.24) is 0 Å². The Morgan fingerprint density at radius 2 is 0.752 bits per heavy atom. The number of nitriles is 16. The molecular formula is C96H86F8N16O. The molecule has 9 rings (SSSR count). The number of rotatable bonds is 8. The number of unbranched alkanes of at least 4 members (excludes halogenated alkanes) is 1. The molecule has 0 saturated heterocycles. The average molecular weight is 1630 g/mol. The molecule has 1 saturated carbocycles. The zero-order valence-electron chi connectivity index (χ0n) is 70.3. The second-order valence-electron chi connectivity index (χ2n) is 30.9. The minimum Gasteiger partial charge on any atom is -0.494 e. The predicted octanol–water partition coefficient (Wildman–Crippen LogP) is 23.0. The first-order valence-electron chi connectivity index (χ1n) is 37.6. The van der Waals surface area contributed by atoms with Gasteiger partial charge in [0, 0.05) is 6.07 Å². The van der Waals surface area contributed by atoms with E-state index in [1.807, 2.05) is 139 Å². The summed E-state index contributed by atoms with van der Waals surface area (Å²) in [6.07, 6.45) is 8.62. The van der Waals surface area contributed by atoms with Crippen molar-refractivity contribution in [2.45, 2.75) is 202 Å². The van der Waals surface area contributed by atoms with Gasteiger partial charge < -0.3 is 4.74 Å². The van der Waals surface area contributed by atoms with Crippen LogP contribution in [0.15, 0.2) is 91.0 Å². The average Bonchev–Trinajstić information content (AvgIpc) is 0.759. The third-order valence-electron chi connectivity index (χ3n) is 18.9. The van der Waals surface area contributed by atoms with E-state index in [0.29, 0.717) is 89.9 Å². The lowest BCUT2D eigenvalue weighted by Crippen LogP contribution is -2.22. The van der Waals surface area contributed by atoms with E-state index in [-0.39, 0.29) is 78.5 Å². The monoisotopic (exact) mass is 1630 g/mol. The van der Waals surface area contributed by atoms with Crippen LogP contribution in [0.1, 0.15) is 301 Å². The van der Waals surface area contributed by atoms with Crippen LogP contribution >= 0.6 is 0 Å². The first kappa shape index (κ1) is 102. The quantitative estimate of drug-likeness (QED) is 0.128. The molecule has 0 atom stereocenters. The summed E-state index contributed by atoms with van der Waals surface area (Å²) in [5.41, 5.74) is 5.31. The molecule has 0 spiro atoms. The number of benzene rings is 8. The zero-order valence-corrected chi connectivity index (χ0v) is 70.3. The number of ether oxygens (including phenoxy) is 1. The van der Waals surface area contributed by atoms with Gasteiger partial charge in [0.15, 0.2) is 11.6 Å². The number of nitrogens with zero attached hydrogens (tertiary/aromatic N) is 16. The van der Waals surface area contributed by atoms with E-state index < -0.39 is 57.4 Å². The van der Waals surface area contributed by atoms with Crippen molar-refractivity contribution in [2.75, 3.05) is 7.11 Å². The molecule has 1 fully saturated rings. The van der Waals surface area contributed by atoms with Crippen molar-refractivity contribution in [3.8, 4) is 103 Å². The second-order valence-corrected chi connectivity index (χ2v) is 30.9. The Morgan fingerprint density at radius 3 is 1.15 bits per heavy atom. The number of halogens is 8. The lowest BCUT2D eigenvalue weighted by Gasteiger charge is -2.28. The summed E-state index contributed by atoms with van der Waals surface area (Å²) in [6.45, 7) is 30.0. The second kappa shape index (κ2) is 47.2. The summed E-state index contributed by atoms with van der Waals surface area (Å²) in [7, 11) is 1.28. The van der Waals surface area contributed by atoms with Crippen molar-refractivity contribution in [2.24, 2.45) is 0 Å². The molecule has 0 amide bonds. The first-order valence-corrected chi connectivity index (χ1v) is 37.6. The molecule has 0 N–H and O–H groups in total. The summed E-state index contributed by atoms with van der Waals surface area (Å²) < 4.78 is 112. The molecule has 612 valence electrons. The van der Waals surface area contributed by atoms with Gasteiger partial charge in [-0.25, -0.2) is 35.1 Å². The summed E-state index contributed by atoms with van der Waals surface area (Å²) in [5, 5.41) is 142. The van der Waals surface area contributed by atoms with E-state index >= 15 is 0 Å². The molecule has 17 nitrogen and oxygen atoms in total. The molecule has 25 heteroatoms. The van der Waals surface area contributed by atoms with Crippen LogP contribution in [-0.4, -0.2) is 7.11 Å². The molecule has 0 bridgehead atoms. The van der Waals surface area contributed by atoms with E-state index in [1.165, 1.54) is 80.3 Å². The lowest BCUT2D eigenvalue weighted by atomic mass is 9.74. The van der Waals surface area contributed by atoms with Gasteiger partial charge in [0.2, 0.25) is 0 Å².